The molecule has 0 fully saturated rings. The number of nitrogens with zero attached hydrogens (tertiary/aromatic N) is 3. The fourth-order valence-electron chi connectivity index (χ4n) is 8.11. The van der Waals surface area contributed by atoms with Gasteiger partial charge in [-0.15, -0.1) is 11.3 Å². The van der Waals surface area contributed by atoms with Crippen molar-refractivity contribution < 1.29 is 0 Å². The molecule has 0 saturated carbocycles. The molecule has 0 amide bonds. The molecule has 0 aliphatic rings. The Morgan fingerprint density at radius 1 is 0.263 bits per heavy atom. The fourth-order valence-corrected chi connectivity index (χ4v) is 9.25. The third-order valence-corrected chi connectivity index (χ3v) is 12.0. The lowest BCUT2D eigenvalue weighted by molar-refractivity contribution is 1.07. The number of aromatic nitrogens is 3. The molecule has 2 heterocycles. The molecule has 0 N–H and O–H groups in total. The van der Waals surface area contributed by atoms with Crippen LogP contribution in [0.4, 0.5) is 0 Å². The van der Waals surface area contributed by atoms with Crippen molar-refractivity contribution in [2.45, 2.75) is 0 Å². The molecule has 11 rings (SSSR count). The summed E-state index contributed by atoms with van der Waals surface area (Å²) in [6, 6.07) is 71.1. The van der Waals surface area contributed by atoms with Crippen molar-refractivity contribution in [1.29, 1.82) is 0 Å². The van der Waals surface area contributed by atoms with Gasteiger partial charge in [-0.25, -0.2) is 15.0 Å². The van der Waals surface area contributed by atoms with Crippen molar-refractivity contribution in [2.75, 3.05) is 0 Å². The van der Waals surface area contributed by atoms with Crippen LogP contribution in [-0.2, 0) is 0 Å². The van der Waals surface area contributed by atoms with E-state index in [4.69, 9.17) is 15.0 Å². The summed E-state index contributed by atoms with van der Waals surface area (Å²) in [7, 11) is 0. The molecular formula is C53H33N3S. The molecule has 0 aliphatic heterocycles. The number of hydrogen-bond donors (Lipinski definition) is 0. The van der Waals surface area contributed by atoms with Crippen molar-refractivity contribution in [3.8, 4) is 67.5 Å². The largest absolute Gasteiger partial charge is 0.208 e. The van der Waals surface area contributed by atoms with Gasteiger partial charge in [0.05, 0.1) is 0 Å². The molecule has 11 aromatic rings. The van der Waals surface area contributed by atoms with Crippen molar-refractivity contribution in [1.82, 2.24) is 15.0 Å². The van der Waals surface area contributed by atoms with Gasteiger partial charge in [0.25, 0.3) is 0 Å². The standard InChI is InChI=1S/C53H33N3S/c1-2-13-35(14-3-1)48-32-42(31-38-16-5-7-23-45(38)48)53-55-51(40-20-10-18-36(29-40)37-27-28-47-46-24-8-9-26-49(46)57-50(47)33-37)54-52(56-53)41-21-11-19-39(30-41)44-25-12-17-34-15-4-6-22-43(34)44/h1-33H. The van der Waals surface area contributed by atoms with E-state index in [9.17, 15) is 0 Å². The van der Waals surface area contributed by atoms with Gasteiger partial charge >= 0.3 is 0 Å². The zero-order valence-corrected chi connectivity index (χ0v) is 31.6. The molecule has 0 spiro atoms. The van der Waals surface area contributed by atoms with E-state index in [0.29, 0.717) is 17.5 Å². The van der Waals surface area contributed by atoms with E-state index < -0.39 is 0 Å². The second kappa shape index (κ2) is 13.8. The van der Waals surface area contributed by atoms with E-state index >= 15 is 0 Å². The normalized spacial score (nSPS) is 11.5. The first-order chi connectivity index (χ1) is 28.2. The lowest BCUT2D eigenvalue weighted by atomic mass is 9.95. The average molecular weight is 744 g/mol. The topological polar surface area (TPSA) is 38.7 Å². The highest BCUT2D eigenvalue weighted by atomic mass is 32.1. The van der Waals surface area contributed by atoms with Crippen LogP contribution in [0.3, 0.4) is 0 Å². The van der Waals surface area contributed by atoms with E-state index in [-0.39, 0.29) is 0 Å². The Labute approximate surface area is 334 Å². The lowest BCUT2D eigenvalue weighted by Gasteiger charge is -2.13. The van der Waals surface area contributed by atoms with E-state index in [0.717, 1.165) is 49.9 Å². The number of thiophene rings is 1. The van der Waals surface area contributed by atoms with Crippen LogP contribution in [0.2, 0.25) is 0 Å². The molecule has 57 heavy (non-hydrogen) atoms. The smallest absolute Gasteiger partial charge is 0.164 e. The zero-order valence-electron chi connectivity index (χ0n) is 30.8. The minimum atomic E-state index is 0.628. The van der Waals surface area contributed by atoms with Crippen LogP contribution in [0.15, 0.2) is 200 Å². The van der Waals surface area contributed by atoms with Gasteiger partial charge in [-0.3, -0.25) is 0 Å². The van der Waals surface area contributed by atoms with Crippen LogP contribution >= 0.6 is 11.3 Å². The van der Waals surface area contributed by atoms with Crippen LogP contribution in [0.25, 0.3) is 109 Å². The number of benzene rings is 9. The maximum Gasteiger partial charge on any atom is 0.164 e. The van der Waals surface area contributed by atoms with Crippen LogP contribution < -0.4 is 0 Å². The Morgan fingerprint density at radius 3 is 1.58 bits per heavy atom. The summed E-state index contributed by atoms with van der Waals surface area (Å²) in [6.07, 6.45) is 0. The summed E-state index contributed by atoms with van der Waals surface area (Å²) >= 11 is 1.84. The van der Waals surface area contributed by atoms with Gasteiger partial charge in [0.2, 0.25) is 0 Å². The molecule has 266 valence electrons. The summed E-state index contributed by atoms with van der Waals surface area (Å²) < 4.78 is 2.58. The molecule has 9 aromatic carbocycles. The van der Waals surface area contributed by atoms with Gasteiger partial charge in [-0.2, -0.15) is 0 Å². The Hall–Kier alpha value is -7.27. The fraction of sp³-hybridized carbons (Fsp3) is 0. The second-order valence-corrected chi connectivity index (χ2v) is 15.5. The molecule has 0 radical (unpaired) electrons. The molecule has 0 bridgehead atoms. The number of fused-ring (bicyclic) bond motifs is 5. The molecule has 0 unspecified atom stereocenters. The highest BCUT2D eigenvalue weighted by Crippen LogP contribution is 2.39. The third-order valence-electron chi connectivity index (χ3n) is 10.9. The van der Waals surface area contributed by atoms with Crippen molar-refractivity contribution in [2.24, 2.45) is 0 Å². The van der Waals surface area contributed by atoms with Gasteiger partial charge in [0, 0.05) is 36.9 Å². The Morgan fingerprint density at radius 2 is 0.789 bits per heavy atom. The minimum absolute atomic E-state index is 0.628. The van der Waals surface area contributed by atoms with E-state index in [2.05, 4.69) is 200 Å². The zero-order chi connectivity index (χ0) is 37.7. The SMILES string of the molecule is c1ccc(-c2cc(-c3nc(-c4cccc(-c5ccc6c(c5)sc5ccccc56)c4)nc(-c4cccc(-c5cccc6ccccc56)c4)n3)cc3ccccc23)cc1. The quantitative estimate of drug-likeness (QED) is 0.170. The van der Waals surface area contributed by atoms with Gasteiger partial charge in [-0.05, 0) is 91.3 Å². The van der Waals surface area contributed by atoms with Crippen LogP contribution in [-0.4, -0.2) is 15.0 Å². The summed E-state index contributed by atoms with van der Waals surface area (Å²) in [5.41, 5.74) is 9.66. The average Bonchev–Trinajstić information content (AvgIpc) is 3.67. The first kappa shape index (κ1) is 33.1. The molecule has 4 heteroatoms. The van der Waals surface area contributed by atoms with E-state index in [1.54, 1.807) is 0 Å². The molecule has 0 atom stereocenters. The van der Waals surface area contributed by atoms with Crippen molar-refractivity contribution in [3.05, 3.63) is 200 Å². The van der Waals surface area contributed by atoms with Crippen molar-refractivity contribution >= 4 is 53.1 Å². The van der Waals surface area contributed by atoms with Gasteiger partial charge < -0.3 is 0 Å². The highest BCUT2D eigenvalue weighted by molar-refractivity contribution is 7.25. The minimum Gasteiger partial charge on any atom is -0.208 e. The molecule has 0 saturated heterocycles. The first-order valence-electron chi connectivity index (χ1n) is 19.2. The number of rotatable bonds is 6. The van der Waals surface area contributed by atoms with E-state index in [1.807, 2.05) is 11.3 Å². The first-order valence-corrected chi connectivity index (χ1v) is 20.0. The molecular weight excluding hydrogens is 711 g/mol. The summed E-state index contributed by atoms with van der Waals surface area (Å²) in [4.78, 5) is 15.7. The Balaban J connectivity index is 1.09. The summed E-state index contributed by atoms with van der Waals surface area (Å²) in [5, 5.41) is 7.34. The summed E-state index contributed by atoms with van der Waals surface area (Å²) in [6.45, 7) is 0. The Bertz CT molecular complexity index is 3310. The Kier molecular flexibility index (Phi) is 8.01. The second-order valence-electron chi connectivity index (χ2n) is 14.4. The predicted octanol–water partition coefficient (Wildman–Crippen LogP) is 14.5. The molecule has 0 aliphatic carbocycles. The van der Waals surface area contributed by atoms with Crippen LogP contribution in [0.5, 0.6) is 0 Å². The van der Waals surface area contributed by atoms with Gasteiger partial charge in [-0.1, -0.05) is 164 Å². The number of hydrogen-bond acceptors (Lipinski definition) is 4. The van der Waals surface area contributed by atoms with Crippen LogP contribution in [0.1, 0.15) is 0 Å². The third kappa shape index (κ3) is 6.04. The summed E-state index contributed by atoms with van der Waals surface area (Å²) in [5.74, 6) is 1.89. The van der Waals surface area contributed by atoms with Crippen LogP contribution in [0, 0.1) is 0 Å². The lowest BCUT2D eigenvalue weighted by Crippen LogP contribution is -2.01. The van der Waals surface area contributed by atoms with Crippen molar-refractivity contribution in [3.63, 3.8) is 0 Å². The molecule has 3 nitrogen and oxygen atoms in total. The maximum absolute atomic E-state index is 5.26. The molecule has 2 aromatic heterocycles. The monoisotopic (exact) mass is 743 g/mol. The predicted molar refractivity (Wildman–Crippen MR) is 240 cm³/mol. The maximum atomic E-state index is 5.26. The highest BCUT2D eigenvalue weighted by Gasteiger charge is 2.17. The van der Waals surface area contributed by atoms with Gasteiger partial charge in [0.1, 0.15) is 0 Å². The van der Waals surface area contributed by atoms with E-state index in [1.165, 1.54) is 41.9 Å². The van der Waals surface area contributed by atoms with Gasteiger partial charge in [0.15, 0.2) is 17.5 Å².